The fraction of sp³-hybridized carbons (Fsp3) is 0.938. The zero-order valence-electron chi connectivity index (χ0n) is 10.8. The molecular formula is C16H24O. The van der Waals surface area contributed by atoms with E-state index < -0.39 is 0 Å². The monoisotopic (exact) mass is 232 g/mol. The van der Waals surface area contributed by atoms with Gasteiger partial charge in [0.15, 0.2) is 0 Å². The van der Waals surface area contributed by atoms with Gasteiger partial charge in [-0.3, -0.25) is 4.79 Å². The first-order valence-electron chi connectivity index (χ1n) is 7.72. The van der Waals surface area contributed by atoms with E-state index in [4.69, 9.17) is 0 Å². The molecule has 0 radical (unpaired) electrons. The van der Waals surface area contributed by atoms with Gasteiger partial charge in [0, 0.05) is 12.8 Å². The third-order valence-corrected chi connectivity index (χ3v) is 5.95. The van der Waals surface area contributed by atoms with E-state index in [0.717, 1.165) is 36.5 Å². The van der Waals surface area contributed by atoms with Crippen molar-refractivity contribution in [3.8, 4) is 0 Å². The molecule has 0 aromatic rings. The third-order valence-electron chi connectivity index (χ3n) is 5.95. The lowest BCUT2D eigenvalue weighted by atomic mass is 9.48. The molecule has 0 aliphatic heterocycles. The van der Waals surface area contributed by atoms with E-state index >= 15 is 0 Å². The highest BCUT2D eigenvalue weighted by molar-refractivity contribution is 5.79. The van der Waals surface area contributed by atoms with E-state index in [1.165, 1.54) is 51.4 Å². The number of ketones is 1. The largest absolute Gasteiger partial charge is 0.300 e. The summed E-state index contributed by atoms with van der Waals surface area (Å²) in [5, 5.41) is 0. The smallest absolute Gasteiger partial charge is 0.133 e. The van der Waals surface area contributed by atoms with Crippen LogP contribution in [0.5, 0.6) is 0 Å². The molecule has 94 valence electrons. The van der Waals surface area contributed by atoms with Crippen LogP contribution < -0.4 is 0 Å². The van der Waals surface area contributed by atoms with E-state index in [1.54, 1.807) is 0 Å². The second-order valence-corrected chi connectivity index (χ2v) is 7.78. The SMILES string of the molecule is O=C(CC1CC1)CC12CC3CC(CC(C3)C1)C2. The minimum absolute atomic E-state index is 0.487. The van der Waals surface area contributed by atoms with Gasteiger partial charge in [-0.15, -0.1) is 0 Å². The van der Waals surface area contributed by atoms with E-state index in [-0.39, 0.29) is 0 Å². The molecule has 0 aromatic carbocycles. The molecule has 1 nitrogen and oxygen atoms in total. The molecule has 0 N–H and O–H groups in total. The molecule has 5 rings (SSSR count). The Kier molecular flexibility index (Phi) is 2.23. The fourth-order valence-electron chi connectivity index (χ4n) is 5.64. The van der Waals surface area contributed by atoms with Crippen LogP contribution in [-0.4, -0.2) is 5.78 Å². The van der Waals surface area contributed by atoms with Gasteiger partial charge in [-0.2, -0.15) is 0 Å². The lowest BCUT2D eigenvalue weighted by Crippen LogP contribution is -2.46. The number of carbonyl (C=O) groups is 1. The highest BCUT2D eigenvalue weighted by Crippen LogP contribution is 2.61. The average Bonchev–Trinajstić information content (AvgIpc) is 2.97. The molecule has 0 atom stereocenters. The normalized spacial score (nSPS) is 47.4. The minimum Gasteiger partial charge on any atom is -0.300 e. The Morgan fingerprint density at radius 2 is 1.47 bits per heavy atom. The summed E-state index contributed by atoms with van der Waals surface area (Å²) in [6, 6.07) is 0. The summed E-state index contributed by atoms with van der Waals surface area (Å²) in [7, 11) is 0. The number of hydrogen-bond acceptors (Lipinski definition) is 1. The predicted octanol–water partition coefficient (Wildman–Crippen LogP) is 3.96. The summed E-state index contributed by atoms with van der Waals surface area (Å²) in [5.41, 5.74) is 0.487. The zero-order chi connectivity index (χ0) is 11.5. The van der Waals surface area contributed by atoms with Crippen molar-refractivity contribution in [2.75, 3.05) is 0 Å². The van der Waals surface area contributed by atoms with Gasteiger partial charge in [-0.1, -0.05) is 0 Å². The third kappa shape index (κ3) is 1.96. The van der Waals surface area contributed by atoms with Crippen LogP contribution in [-0.2, 0) is 4.79 Å². The quantitative estimate of drug-likeness (QED) is 0.717. The first-order valence-corrected chi connectivity index (χ1v) is 7.72. The van der Waals surface area contributed by atoms with Gasteiger partial charge in [-0.25, -0.2) is 0 Å². The molecule has 5 aliphatic rings. The molecule has 0 aromatic heterocycles. The van der Waals surface area contributed by atoms with Crippen molar-refractivity contribution in [1.29, 1.82) is 0 Å². The molecule has 0 heterocycles. The van der Waals surface area contributed by atoms with Crippen LogP contribution >= 0.6 is 0 Å². The summed E-state index contributed by atoms with van der Waals surface area (Å²) < 4.78 is 0. The molecule has 0 spiro atoms. The van der Waals surface area contributed by atoms with Crippen LogP contribution in [0.1, 0.15) is 64.2 Å². The summed E-state index contributed by atoms with van der Waals surface area (Å²) in [6.45, 7) is 0. The van der Waals surface area contributed by atoms with Crippen LogP contribution in [0, 0.1) is 29.1 Å². The van der Waals surface area contributed by atoms with Gasteiger partial charge in [0.25, 0.3) is 0 Å². The molecule has 5 fully saturated rings. The first-order chi connectivity index (χ1) is 8.21. The standard InChI is InChI=1S/C16H24O/c17-15(6-11-1-2-11)10-16-7-12-3-13(8-16)5-14(4-12)9-16/h11-14H,1-10H2. The van der Waals surface area contributed by atoms with Crippen molar-refractivity contribution in [3.05, 3.63) is 0 Å². The number of Topliss-reactive ketones (excluding diaryl/α,β-unsaturated/α-hetero) is 1. The minimum atomic E-state index is 0.487. The Morgan fingerprint density at radius 1 is 0.941 bits per heavy atom. The van der Waals surface area contributed by atoms with Crippen molar-refractivity contribution in [2.45, 2.75) is 64.2 Å². The van der Waals surface area contributed by atoms with E-state index in [2.05, 4.69) is 0 Å². The maximum atomic E-state index is 12.2. The molecule has 0 saturated heterocycles. The van der Waals surface area contributed by atoms with Crippen LogP contribution in [0.15, 0.2) is 0 Å². The van der Waals surface area contributed by atoms with Gasteiger partial charge in [0.2, 0.25) is 0 Å². The summed E-state index contributed by atoms with van der Waals surface area (Å²) in [6.07, 6.45) is 13.2. The summed E-state index contributed by atoms with van der Waals surface area (Å²) in [4.78, 5) is 12.2. The Hall–Kier alpha value is -0.330. The second-order valence-electron chi connectivity index (χ2n) is 7.78. The lowest BCUT2D eigenvalue weighted by molar-refractivity contribution is -0.127. The Bertz CT molecular complexity index is 304. The summed E-state index contributed by atoms with van der Waals surface area (Å²) in [5.74, 6) is 4.38. The van der Waals surface area contributed by atoms with Crippen molar-refractivity contribution in [3.63, 3.8) is 0 Å². The molecule has 0 amide bonds. The van der Waals surface area contributed by atoms with Crippen molar-refractivity contribution < 1.29 is 4.79 Å². The maximum absolute atomic E-state index is 12.2. The van der Waals surface area contributed by atoms with Gasteiger partial charge >= 0.3 is 0 Å². The van der Waals surface area contributed by atoms with Crippen LogP contribution in [0.3, 0.4) is 0 Å². The lowest BCUT2D eigenvalue weighted by Gasteiger charge is -2.56. The van der Waals surface area contributed by atoms with Gasteiger partial charge in [0.1, 0.15) is 5.78 Å². The van der Waals surface area contributed by atoms with Crippen molar-refractivity contribution >= 4 is 5.78 Å². The average molecular weight is 232 g/mol. The van der Waals surface area contributed by atoms with Crippen LogP contribution in [0.4, 0.5) is 0 Å². The Balaban J connectivity index is 1.46. The number of rotatable bonds is 4. The maximum Gasteiger partial charge on any atom is 0.133 e. The van der Waals surface area contributed by atoms with E-state index in [9.17, 15) is 4.79 Å². The van der Waals surface area contributed by atoms with Gasteiger partial charge in [0.05, 0.1) is 0 Å². The molecule has 5 saturated carbocycles. The highest BCUT2D eigenvalue weighted by Gasteiger charge is 2.51. The van der Waals surface area contributed by atoms with Crippen molar-refractivity contribution in [2.24, 2.45) is 29.1 Å². The van der Waals surface area contributed by atoms with Crippen LogP contribution in [0.25, 0.3) is 0 Å². The molecule has 0 unspecified atom stereocenters. The van der Waals surface area contributed by atoms with E-state index in [0.29, 0.717) is 11.2 Å². The zero-order valence-corrected chi connectivity index (χ0v) is 10.8. The number of hydrogen-bond donors (Lipinski definition) is 0. The molecule has 5 aliphatic carbocycles. The van der Waals surface area contributed by atoms with Gasteiger partial charge < -0.3 is 0 Å². The second kappa shape index (κ2) is 3.59. The Morgan fingerprint density at radius 3 is 1.94 bits per heavy atom. The van der Waals surface area contributed by atoms with E-state index in [1.807, 2.05) is 0 Å². The summed E-state index contributed by atoms with van der Waals surface area (Å²) >= 11 is 0. The van der Waals surface area contributed by atoms with Gasteiger partial charge in [-0.05, 0) is 80.5 Å². The number of carbonyl (C=O) groups excluding carboxylic acids is 1. The molecule has 1 heteroatoms. The fourth-order valence-corrected chi connectivity index (χ4v) is 5.64. The molecule has 4 bridgehead atoms. The Labute approximate surface area is 104 Å². The predicted molar refractivity (Wildman–Crippen MR) is 67.6 cm³/mol. The van der Waals surface area contributed by atoms with Crippen LogP contribution in [0.2, 0.25) is 0 Å². The molecular weight excluding hydrogens is 208 g/mol. The first kappa shape index (κ1) is 10.6. The molecule has 17 heavy (non-hydrogen) atoms. The topological polar surface area (TPSA) is 17.1 Å². The van der Waals surface area contributed by atoms with Crippen molar-refractivity contribution in [1.82, 2.24) is 0 Å². The highest BCUT2D eigenvalue weighted by atomic mass is 16.1.